The molecule has 37 valence electrons. The molecular weight excluding hydrogens is 80.0 g/mol. The molecule has 0 amide bonds. The van der Waals surface area contributed by atoms with Gasteiger partial charge in [0.2, 0.25) is 0 Å². The van der Waals surface area contributed by atoms with Gasteiger partial charge in [0.1, 0.15) is 6.79 Å². The van der Waals surface area contributed by atoms with Gasteiger partial charge < -0.3 is 9.84 Å². The van der Waals surface area contributed by atoms with Gasteiger partial charge in [-0.25, -0.2) is 0 Å². The zero-order valence-electron chi connectivity index (χ0n) is 4.06. The van der Waals surface area contributed by atoms with Gasteiger partial charge in [0.25, 0.3) is 0 Å². The van der Waals surface area contributed by atoms with Crippen molar-refractivity contribution in [3.63, 3.8) is 0 Å². The van der Waals surface area contributed by atoms with Crippen molar-refractivity contribution in [3.05, 3.63) is 6.10 Å². The van der Waals surface area contributed by atoms with Crippen molar-refractivity contribution in [2.45, 2.75) is 13.8 Å². The molecule has 0 fully saturated rings. The second-order valence-electron chi connectivity index (χ2n) is 1.18. The lowest BCUT2D eigenvalue weighted by Gasteiger charge is -1.97. The van der Waals surface area contributed by atoms with Crippen molar-refractivity contribution in [1.82, 2.24) is 0 Å². The van der Waals surface area contributed by atoms with E-state index >= 15 is 0 Å². The zero-order valence-corrected chi connectivity index (χ0v) is 4.06. The van der Waals surface area contributed by atoms with Crippen LogP contribution >= 0.6 is 0 Å². The number of ether oxygens (including phenoxy) is 1. The smallest absolute Gasteiger partial charge is 0.144 e. The molecule has 0 aliphatic rings. The van der Waals surface area contributed by atoms with Crippen LogP contribution < -0.4 is 0 Å². The largest absolute Gasteiger partial charge is 0.371 e. The minimum atomic E-state index is -0.206. The van der Waals surface area contributed by atoms with Gasteiger partial charge in [-0.15, -0.1) is 0 Å². The third kappa shape index (κ3) is 3.92. The summed E-state index contributed by atoms with van der Waals surface area (Å²) >= 11 is 0. The monoisotopic (exact) mass is 89.1 g/mol. The van der Waals surface area contributed by atoms with Crippen molar-refractivity contribution in [1.29, 1.82) is 0 Å². The Bertz CT molecular complexity index is 26.7. The fourth-order valence-electron chi connectivity index (χ4n) is 0.129. The van der Waals surface area contributed by atoms with E-state index in [0.29, 0.717) is 0 Å². The maximum Gasteiger partial charge on any atom is 0.144 e. The Hall–Kier alpha value is -0.0800. The summed E-state index contributed by atoms with van der Waals surface area (Å²) in [6.45, 7) is 3.37. The van der Waals surface area contributed by atoms with Crippen molar-refractivity contribution in [2.24, 2.45) is 0 Å². The van der Waals surface area contributed by atoms with E-state index in [0.717, 1.165) is 6.10 Å². The first kappa shape index (κ1) is 5.92. The zero-order chi connectivity index (χ0) is 4.99. The SMILES string of the molecule is C[C](C)OCO. The molecule has 0 unspecified atom stereocenters. The molecule has 0 rings (SSSR count). The topological polar surface area (TPSA) is 29.5 Å². The van der Waals surface area contributed by atoms with Crippen LogP contribution in [-0.2, 0) is 4.74 Å². The summed E-state index contributed by atoms with van der Waals surface area (Å²) in [7, 11) is 0. The van der Waals surface area contributed by atoms with E-state index in [-0.39, 0.29) is 6.79 Å². The van der Waals surface area contributed by atoms with E-state index in [9.17, 15) is 0 Å². The van der Waals surface area contributed by atoms with E-state index in [4.69, 9.17) is 5.11 Å². The Morgan fingerprint density at radius 2 is 2.17 bits per heavy atom. The third-order valence-electron chi connectivity index (χ3n) is 0.353. The molecule has 0 saturated carbocycles. The molecule has 0 heterocycles. The maximum absolute atomic E-state index is 7.99. The Kier molecular flexibility index (Phi) is 3.08. The van der Waals surface area contributed by atoms with Crippen LogP contribution in [0.25, 0.3) is 0 Å². The van der Waals surface area contributed by atoms with Crippen molar-refractivity contribution >= 4 is 0 Å². The van der Waals surface area contributed by atoms with E-state index in [1.807, 2.05) is 0 Å². The minimum absolute atomic E-state index is 0.206. The molecule has 0 aromatic carbocycles. The Balaban J connectivity index is 2.63. The number of aliphatic hydroxyl groups excluding tert-OH is 1. The van der Waals surface area contributed by atoms with Crippen LogP contribution in [-0.4, -0.2) is 11.9 Å². The molecule has 0 aromatic rings. The standard InChI is InChI=1S/C4H9O2/c1-4(2)6-3-5/h5H,3H2,1-2H3. The summed E-state index contributed by atoms with van der Waals surface area (Å²) < 4.78 is 4.51. The number of hydrogen-bond donors (Lipinski definition) is 1. The van der Waals surface area contributed by atoms with Gasteiger partial charge in [-0.1, -0.05) is 0 Å². The summed E-state index contributed by atoms with van der Waals surface area (Å²) in [6.07, 6.45) is 0.789. The van der Waals surface area contributed by atoms with Gasteiger partial charge in [0.05, 0.1) is 6.10 Å². The van der Waals surface area contributed by atoms with Gasteiger partial charge in [-0.3, -0.25) is 0 Å². The van der Waals surface area contributed by atoms with E-state index in [1.165, 1.54) is 0 Å². The van der Waals surface area contributed by atoms with Gasteiger partial charge in [-0.05, 0) is 13.8 Å². The van der Waals surface area contributed by atoms with Gasteiger partial charge in [0.15, 0.2) is 0 Å². The number of rotatable bonds is 2. The van der Waals surface area contributed by atoms with E-state index in [2.05, 4.69) is 4.74 Å². The van der Waals surface area contributed by atoms with E-state index in [1.54, 1.807) is 13.8 Å². The molecule has 1 N–H and O–H groups in total. The lowest BCUT2D eigenvalue weighted by Crippen LogP contribution is -1.93. The van der Waals surface area contributed by atoms with Crippen LogP contribution in [0.15, 0.2) is 0 Å². The highest BCUT2D eigenvalue weighted by Gasteiger charge is 1.86. The first-order valence-electron chi connectivity index (χ1n) is 1.81. The second-order valence-corrected chi connectivity index (χ2v) is 1.18. The summed E-state index contributed by atoms with van der Waals surface area (Å²) in [4.78, 5) is 0. The first-order valence-corrected chi connectivity index (χ1v) is 1.81. The average Bonchev–Trinajstić information content (AvgIpc) is 1.35. The molecule has 0 atom stereocenters. The molecule has 2 heteroatoms. The summed E-state index contributed by atoms with van der Waals surface area (Å²) in [5.41, 5.74) is 0. The molecule has 1 radical (unpaired) electrons. The predicted octanol–water partition coefficient (Wildman–Crippen LogP) is 0.525. The number of hydrogen-bond acceptors (Lipinski definition) is 2. The fourth-order valence-corrected chi connectivity index (χ4v) is 0.129. The highest BCUT2D eigenvalue weighted by atomic mass is 16.6. The quantitative estimate of drug-likeness (QED) is 0.500. The summed E-state index contributed by atoms with van der Waals surface area (Å²) in [5.74, 6) is 0. The average molecular weight is 89.1 g/mol. The van der Waals surface area contributed by atoms with Gasteiger partial charge in [0, 0.05) is 0 Å². The van der Waals surface area contributed by atoms with Gasteiger partial charge >= 0.3 is 0 Å². The Morgan fingerprint density at radius 1 is 1.67 bits per heavy atom. The van der Waals surface area contributed by atoms with Gasteiger partial charge in [-0.2, -0.15) is 0 Å². The summed E-state index contributed by atoms with van der Waals surface area (Å²) in [5, 5.41) is 7.99. The van der Waals surface area contributed by atoms with Crippen molar-refractivity contribution in [3.8, 4) is 0 Å². The van der Waals surface area contributed by atoms with Crippen LogP contribution in [0, 0.1) is 6.10 Å². The third-order valence-corrected chi connectivity index (χ3v) is 0.353. The summed E-state index contributed by atoms with van der Waals surface area (Å²) in [6, 6.07) is 0. The lowest BCUT2D eigenvalue weighted by atomic mass is 10.5. The molecule has 6 heavy (non-hydrogen) atoms. The second kappa shape index (κ2) is 3.12. The highest BCUT2D eigenvalue weighted by Crippen LogP contribution is 1.93. The molecule has 0 aromatic heterocycles. The Morgan fingerprint density at radius 3 is 2.17 bits per heavy atom. The molecule has 0 bridgehead atoms. The van der Waals surface area contributed by atoms with Crippen LogP contribution in [0.1, 0.15) is 13.8 Å². The molecule has 0 aliphatic carbocycles. The minimum Gasteiger partial charge on any atom is -0.371 e. The van der Waals surface area contributed by atoms with E-state index < -0.39 is 0 Å². The normalized spacial score (nSPS) is 10.0. The van der Waals surface area contributed by atoms with Crippen LogP contribution in [0.3, 0.4) is 0 Å². The Labute approximate surface area is 37.7 Å². The van der Waals surface area contributed by atoms with Crippen LogP contribution in [0.2, 0.25) is 0 Å². The van der Waals surface area contributed by atoms with Crippen LogP contribution in [0.5, 0.6) is 0 Å². The fraction of sp³-hybridized carbons (Fsp3) is 0.750. The van der Waals surface area contributed by atoms with Crippen molar-refractivity contribution in [2.75, 3.05) is 6.79 Å². The lowest BCUT2D eigenvalue weighted by molar-refractivity contribution is 0.0124. The number of aliphatic hydroxyl groups is 1. The molecular formula is C4H9O2. The molecule has 0 saturated heterocycles. The predicted molar refractivity (Wildman–Crippen MR) is 22.8 cm³/mol. The van der Waals surface area contributed by atoms with Crippen LogP contribution in [0.4, 0.5) is 0 Å². The molecule has 0 aliphatic heterocycles. The maximum atomic E-state index is 7.99. The molecule has 0 spiro atoms. The molecule has 2 nitrogen and oxygen atoms in total. The first-order chi connectivity index (χ1) is 2.77. The van der Waals surface area contributed by atoms with Crippen molar-refractivity contribution < 1.29 is 9.84 Å². The highest BCUT2D eigenvalue weighted by molar-refractivity contribution is 4.57.